The van der Waals surface area contributed by atoms with Crippen LogP contribution in [0.1, 0.15) is 44.7 Å². The van der Waals surface area contributed by atoms with Crippen LogP contribution in [0.5, 0.6) is 0 Å². The highest BCUT2D eigenvalue weighted by Crippen LogP contribution is 2.32. The van der Waals surface area contributed by atoms with Crippen molar-refractivity contribution in [2.45, 2.75) is 50.7 Å². The van der Waals surface area contributed by atoms with Gasteiger partial charge in [-0.15, -0.1) is 12.4 Å². The van der Waals surface area contributed by atoms with Crippen molar-refractivity contribution in [2.24, 2.45) is 5.73 Å². The monoisotopic (exact) mass is 377 g/mol. The summed E-state index contributed by atoms with van der Waals surface area (Å²) in [5.41, 5.74) is 6.04. The third-order valence-electron chi connectivity index (χ3n) is 4.54. The zero-order chi connectivity index (χ0) is 17.2. The molecular weight excluding hydrogens is 352 g/mol. The SMILES string of the molecule is CCCC(C)(N)C(=O)NC1CCN(C)C1c1ccc(Cl)c(F)c1.Cl. The number of nitrogens with zero attached hydrogens (tertiary/aromatic N) is 1. The molecule has 1 aromatic rings. The van der Waals surface area contributed by atoms with Crippen molar-refractivity contribution < 1.29 is 9.18 Å². The van der Waals surface area contributed by atoms with Crippen molar-refractivity contribution in [1.29, 1.82) is 0 Å². The predicted octanol–water partition coefficient (Wildman–Crippen LogP) is 3.28. The van der Waals surface area contributed by atoms with E-state index in [1.807, 2.05) is 20.0 Å². The van der Waals surface area contributed by atoms with Gasteiger partial charge in [0, 0.05) is 12.6 Å². The van der Waals surface area contributed by atoms with Crippen molar-refractivity contribution in [1.82, 2.24) is 10.2 Å². The molecule has 3 N–H and O–H groups in total. The molecule has 7 heteroatoms. The Balaban J connectivity index is 0.00000288. The molecule has 136 valence electrons. The summed E-state index contributed by atoms with van der Waals surface area (Å²) in [6.45, 7) is 4.58. The fourth-order valence-corrected chi connectivity index (χ4v) is 3.36. The van der Waals surface area contributed by atoms with Gasteiger partial charge in [-0.3, -0.25) is 9.69 Å². The Hall–Kier alpha value is -0.880. The normalized spacial score (nSPS) is 23.4. The van der Waals surface area contributed by atoms with E-state index in [9.17, 15) is 9.18 Å². The maximum atomic E-state index is 13.8. The van der Waals surface area contributed by atoms with Gasteiger partial charge in [-0.1, -0.05) is 31.0 Å². The van der Waals surface area contributed by atoms with Crippen molar-refractivity contribution >= 4 is 29.9 Å². The predicted molar refractivity (Wildman–Crippen MR) is 98.1 cm³/mol. The second kappa shape index (κ2) is 8.48. The van der Waals surface area contributed by atoms with E-state index in [1.165, 1.54) is 6.07 Å². The van der Waals surface area contributed by atoms with E-state index in [-0.39, 0.29) is 35.4 Å². The molecule has 1 aliphatic heterocycles. The molecule has 1 heterocycles. The van der Waals surface area contributed by atoms with Gasteiger partial charge < -0.3 is 11.1 Å². The van der Waals surface area contributed by atoms with Crippen LogP contribution in [0.4, 0.5) is 4.39 Å². The zero-order valence-corrected chi connectivity index (χ0v) is 15.9. The highest BCUT2D eigenvalue weighted by Gasteiger charge is 2.37. The van der Waals surface area contributed by atoms with E-state index in [4.69, 9.17) is 17.3 Å². The molecule has 3 unspecified atom stereocenters. The number of carbonyl (C=O) groups is 1. The highest BCUT2D eigenvalue weighted by molar-refractivity contribution is 6.30. The number of nitrogens with two attached hydrogens (primary N) is 1. The van der Waals surface area contributed by atoms with Crippen molar-refractivity contribution in [3.63, 3.8) is 0 Å². The second-order valence-electron chi connectivity index (χ2n) is 6.64. The first kappa shape index (κ1) is 21.2. The smallest absolute Gasteiger partial charge is 0.240 e. The lowest BCUT2D eigenvalue weighted by atomic mass is 9.94. The largest absolute Gasteiger partial charge is 0.350 e. The lowest BCUT2D eigenvalue weighted by molar-refractivity contribution is -0.127. The summed E-state index contributed by atoms with van der Waals surface area (Å²) in [6, 6.07) is 4.64. The molecular formula is C17H26Cl2FN3O. The molecule has 1 aromatic carbocycles. The quantitative estimate of drug-likeness (QED) is 0.827. The van der Waals surface area contributed by atoms with E-state index in [1.54, 1.807) is 13.0 Å². The average molecular weight is 378 g/mol. The number of carbonyl (C=O) groups excluding carboxylic acids is 1. The molecule has 0 saturated carbocycles. The molecule has 0 radical (unpaired) electrons. The van der Waals surface area contributed by atoms with Crippen LogP contribution in [0, 0.1) is 5.82 Å². The number of rotatable bonds is 5. The van der Waals surface area contributed by atoms with Crippen molar-refractivity contribution in [3.8, 4) is 0 Å². The minimum Gasteiger partial charge on any atom is -0.350 e. The van der Waals surface area contributed by atoms with E-state index in [0.29, 0.717) is 6.42 Å². The molecule has 0 aliphatic carbocycles. The summed E-state index contributed by atoms with van der Waals surface area (Å²) >= 11 is 5.76. The summed E-state index contributed by atoms with van der Waals surface area (Å²) < 4.78 is 13.8. The van der Waals surface area contributed by atoms with E-state index in [0.717, 1.165) is 24.9 Å². The fourth-order valence-electron chi connectivity index (χ4n) is 3.25. The van der Waals surface area contributed by atoms with Crippen LogP contribution in [0.2, 0.25) is 5.02 Å². The topological polar surface area (TPSA) is 58.4 Å². The van der Waals surface area contributed by atoms with E-state index >= 15 is 0 Å². The number of nitrogens with one attached hydrogen (secondary N) is 1. The van der Waals surface area contributed by atoms with Crippen LogP contribution < -0.4 is 11.1 Å². The molecule has 0 bridgehead atoms. The lowest BCUT2D eigenvalue weighted by Gasteiger charge is -2.30. The van der Waals surface area contributed by atoms with Crippen LogP contribution in [0.25, 0.3) is 0 Å². The summed E-state index contributed by atoms with van der Waals surface area (Å²) in [7, 11) is 1.97. The minimum atomic E-state index is -0.883. The molecule has 1 amide bonds. The van der Waals surface area contributed by atoms with Gasteiger partial charge in [-0.25, -0.2) is 4.39 Å². The molecule has 0 aromatic heterocycles. The van der Waals surface area contributed by atoms with Gasteiger partial charge in [0.25, 0.3) is 0 Å². The molecule has 2 rings (SSSR count). The number of hydrogen-bond acceptors (Lipinski definition) is 3. The highest BCUT2D eigenvalue weighted by atomic mass is 35.5. The summed E-state index contributed by atoms with van der Waals surface area (Å²) in [4.78, 5) is 14.6. The lowest BCUT2D eigenvalue weighted by Crippen LogP contribution is -2.54. The van der Waals surface area contributed by atoms with Crippen molar-refractivity contribution in [3.05, 3.63) is 34.6 Å². The van der Waals surface area contributed by atoms with Gasteiger partial charge in [0.15, 0.2) is 0 Å². The summed E-state index contributed by atoms with van der Waals surface area (Å²) in [5, 5.41) is 3.16. The number of amides is 1. The van der Waals surface area contributed by atoms with Gasteiger partial charge in [-0.2, -0.15) is 0 Å². The molecule has 1 aliphatic rings. The third-order valence-corrected chi connectivity index (χ3v) is 4.85. The third kappa shape index (κ3) is 4.60. The maximum absolute atomic E-state index is 13.8. The molecule has 1 fully saturated rings. The first-order chi connectivity index (χ1) is 10.8. The molecule has 1 saturated heterocycles. The van der Waals surface area contributed by atoms with Crippen LogP contribution in [-0.2, 0) is 4.79 Å². The molecule has 24 heavy (non-hydrogen) atoms. The van der Waals surface area contributed by atoms with Crippen LogP contribution in [0.15, 0.2) is 18.2 Å². The van der Waals surface area contributed by atoms with E-state index < -0.39 is 11.4 Å². The van der Waals surface area contributed by atoms with E-state index in [2.05, 4.69) is 10.2 Å². The first-order valence-corrected chi connectivity index (χ1v) is 8.39. The Labute approximate surface area is 154 Å². The Kier molecular flexibility index (Phi) is 7.47. The number of hydrogen-bond donors (Lipinski definition) is 2. The average Bonchev–Trinajstić information content (AvgIpc) is 2.83. The maximum Gasteiger partial charge on any atom is 0.240 e. The standard InChI is InChI=1S/C17H25ClFN3O.ClH/c1-4-8-17(2,20)16(23)21-14-7-9-22(3)15(14)11-5-6-12(18)13(19)10-11;/h5-6,10,14-15H,4,7-9,20H2,1-3H3,(H,21,23);1H. The number of benzene rings is 1. The zero-order valence-electron chi connectivity index (χ0n) is 14.3. The van der Waals surface area contributed by atoms with Gasteiger partial charge >= 0.3 is 0 Å². The van der Waals surface area contributed by atoms with Crippen molar-refractivity contribution in [2.75, 3.05) is 13.6 Å². The Bertz CT molecular complexity index is 583. The summed E-state index contributed by atoms with van der Waals surface area (Å²) in [5.74, 6) is -0.594. The number of halogens is 3. The van der Waals surface area contributed by atoms with Crippen LogP contribution in [-0.4, -0.2) is 36.0 Å². The summed E-state index contributed by atoms with van der Waals surface area (Å²) in [6.07, 6.45) is 2.28. The van der Waals surface area contributed by atoms with Gasteiger partial charge in [0.1, 0.15) is 5.82 Å². The second-order valence-corrected chi connectivity index (χ2v) is 7.04. The Morgan fingerprint density at radius 2 is 2.21 bits per heavy atom. The van der Waals surface area contributed by atoms with Gasteiger partial charge in [0.05, 0.1) is 16.6 Å². The Morgan fingerprint density at radius 1 is 1.54 bits per heavy atom. The van der Waals surface area contributed by atoms with Crippen LogP contribution in [0.3, 0.4) is 0 Å². The van der Waals surface area contributed by atoms with Gasteiger partial charge in [-0.05, 0) is 44.5 Å². The molecule has 4 nitrogen and oxygen atoms in total. The minimum absolute atomic E-state index is 0. The number of likely N-dealkylation sites (N-methyl/N-ethyl adjacent to an activating group) is 1. The van der Waals surface area contributed by atoms with Gasteiger partial charge in [0.2, 0.25) is 5.91 Å². The molecule has 0 spiro atoms. The fraction of sp³-hybridized carbons (Fsp3) is 0.588. The first-order valence-electron chi connectivity index (χ1n) is 8.01. The number of likely N-dealkylation sites (tertiary alicyclic amines) is 1. The molecule has 3 atom stereocenters. The Morgan fingerprint density at radius 3 is 2.79 bits per heavy atom. The van der Waals surface area contributed by atoms with Crippen LogP contribution >= 0.6 is 24.0 Å².